The summed E-state index contributed by atoms with van der Waals surface area (Å²) in [5, 5.41) is 5.24. The van der Waals surface area contributed by atoms with Crippen LogP contribution in [0, 0.1) is 6.92 Å². The second-order valence-electron chi connectivity index (χ2n) is 8.42. The Morgan fingerprint density at radius 3 is 2.15 bits per heavy atom. The summed E-state index contributed by atoms with van der Waals surface area (Å²) in [6.07, 6.45) is 0.857. The number of hydrogen-bond donors (Lipinski definition) is 0. The van der Waals surface area contributed by atoms with Crippen LogP contribution >= 0.6 is 0 Å². The van der Waals surface area contributed by atoms with Crippen molar-refractivity contribution < 1.29 is 4.74 Å². The van der Waals surface area contributed by atoms with E-state index in [2.05, 4.69) is 110 Å². The summed E-state index contributed by atoms with van der Waals surface area (Å²) < 4.78 is 7.53. The first-order valence-electron chi connectivity index (χ1n) is 11.7. The third-order valence-corrected chi connectivity index (χ3v) is 6.20. The lowest BCUT2D eigenvalue weighted by Crippen LogP contribution is -2.04. The maximum atomic E-state index is 5.39. The van der Waals surface area contributed by atoms with Gasteiger partial charge in [0.05, 0.1) is 18.5 Å². The highest BCUT2D eigenvalue weighted by Crippen LogP contribution is 2.38. The van der Waals surface area contributed by atoms with Gasteiger partial charge in [-0.25, -0.2) is 4.68 Å². The Kier molecular flexibility index (Phi) is 6.01. The number of hydrogen-bond acceptors (Lipinski definition) is 2. The molecule has 0 aliphatic carbocycles. The molecule has 0 atom stereocenters. The Bertz CT molecular complexity index is 1420. The lowest BCUT2D eigenvalue weighted by atomic mass is 9.97. The predicted octanol–water partition coefficient (Wildman–Crippen LogP) is 7.75. The van der Waals surface area contributed by atoms with E-state index in [9.17, 15) is 0 Å². The Labute approximate surface area is 201 Å². The molecule has 34 heavy (non-hydrogen) atoms. The summed E-state index contributed by atoms with van der Waals surface area (Å²) in [6.45, 7) is 4.33. The second-order valence-corrected chi connectivity index (χ2v) is 8.42. The summed E-state index contributed by atoms with van der Waals surface area (Å²) in [5.41, 5.74) is 10.3. The normalized spacial score (nSPS) is 10.9. The van der Waals surface area contributed by atoms with E-state index in [1.165, 1.54) is 33.5 Å². The van der Waals surface area contributed by atoms with Crippen molar-refractivity contribution in [1.82, 2.24) is 9.78 Å². The van der Waals surface area contributed by atoms with Gasteiger partial charge < -0.3 is 4.74 Å². The quantitative estimate of drug-likeness (QED) is 0.268. The zero-order chi connectivity index (χ0) is 23.5. The fraction of sp³-hybridized carbons (Fsp3) is 0.129. The monoisotopic (exact) mass is 444 g/mol. The van der Waals surface area contributed by atoms with Crippen molar-refractivity contribution in [2.24, 2.45) is 0 Å². The molecule has 3 nitrogen and oxygen atoms in total. The highest BCUT2D eigenvalue weighted by molar-refractivity contribution is 5.84. The van der Waals surface area contributed by atoms with Gasteiger partial charge in [-0.3, -0.25) is 0 Å². The topological polar surface area (TPSA) is 27.1 Å². The van der Waals surface area contributed by atoms with Gasteiger partial charge in [0, 0.05) is 16.7 Å². The van der Waals surface area contributed by atoms with Crippen LogP contribution in [0.5, 0.6) is 5.75 Å². The second kappa shape index (κ2) is 9.40. The van der Waals surface area contributed by atoms with Gasteiger partial charge >= 0.3 is 0 Å². The first-order chi connectivity index (χ1) is 16.7. The van der Waals surface area contributed by atoms with E-state index in [-0.39, 0.29) is 0 Å². The van der Waals surface area contributed by atoms with E-state index in [0.29, 0.717) is 0 Å². The van der Waals surface area contributed by atoms with Gasteiger partial charge in [0.15, 0.2) is 0 Å². The van der Waals surface area contributed by atoms with Crippen LogP contribution in [0.15, 0.2) is 103 Å². The summed E-state index contributed by atoms with van der Waals surface area (Å²) in [6, 6.07) is 35.9. The van der Waals surface area contributed by atoms with E-state index in [1.54, 1.807) is 7.11 Å². The SMILES string of the molecule is CCc1c(-c2ccccc2)c(-c2ccc(OC)cc2)nn1-c1ccccc1-c1cccc(C)c1. The number of nitrogens with zero attached hydrogens (tertiary/aromatic N) is 2. The van der Waals surface area contributed by atoms with Gasteiger partial charge in [-0.15, -0.1) is 0 Å². The molecule has 0 N–H and O–H groups in total. The third kappa shape index (κ3) is 4.01. The zero-order valence-electron chi connectivity index (χ0n) is 19.8. The van der Waals surface area contributed by atoms with Gasteiger partial charge in [0.25, 0.3) is 0 Å². The molecule has 5 aromatic rings. The molecular weight excluding hydrogens is 416 g/mol. The Morgan fingerprint density at radius 1 is 0.735 bits per heavy atom. The number of aromatic nitrogens is 2. The Balaban J connectivity index is 1.78. The van der Waals surface area contributed by atoms with E-state index < -0.39 is 0 Å². The molecule has 1 heterocycles. The van der Waals surface area contributed by atoms with Crippen molar-refractivity contribution in [1.29, 1.82) is 0 Å². The van der Waals surface area contributed by atoms with Crippen LogP contribution in [-0.2, 0) is 6.42 Å². The summed E-state index contributed by atoms with van der Waals surface area (Å²) >= 11 is 0. The zero-order valence-corrected chi connectivity index (χ0v) is 19.8. The fourth-order valence-corrected chi connectivity index (χ4v) is 4.55. The molecule has 0 aliphatic heterocycles. The molecule has 0 saturated heterocycles. The van der Waals surface area contributed by atoms with Crippen LogP contribution in [0.2, 0.25) is 0 Å². The summed E-state index contributed by atoms with van der Waals surface area (Å²) in [5.74, 6) is 0.838. The predicted molar refractivity (Wildman–Crippen MR) is 141 cm³/mol. The van der Waals surface area contributed by atoms with Crippen molar-refractivity contribution >= 4 is 0 Å². The summed E-state index contributed by atoms with van der Waals surface area (Å²) in [7, 11) is 1.69. The highest BCUT2D eigenvalue weighted by Gasteiger charge is 2.22. The molecule has 0 aliphatic rings. The molecule has 5 rings (SSSR count). The Hall–Kier alpha value is -4.11. The lowest BCUT2D eigenvalue weighted by molar-refractivity contribution is 0.415. The van der Waals surface area contributed by atoms with Gasteiger partial charge in [0.2, 0.25) is 0 Å². The highest BCUT2D eigenvalue weighted by atomic mass is 16.5. The molecule has 4 aromatic carbocycles. The molecule has 168 valence electrons. The van der Waals surface area contributed by atoms with E-state index in [0.717, 1.165) is 29.1 Å². The van der Waals surface area contributed by atoms with Crippen molar-refractivity contribution in [2.75, 3.05) is 7.11 Å². The molecular formula is C31H28N2O. The number of benzene rings is 4. The van der Waals surface area contributed by atoms with Crippen LogP contribution in [0.4, 0.5) is 0 Å². The van der Waals surface area contributed by atoms with Crippen LogP contribution < -0.4 is 4.74 Å². The largest absolute Gasteiger partial charge is 0.497 e. The van der Waals surface area contributed by atoms with Gasteiger partial charge in [-0.2, -0.15) is 5.10 Å². The van der Waals surface area contributed by atoms with E-state index >= 15 is 0 Å². The van der Waals surface area contributed by atoms with E-state index in [4.69, 9.17) is 9.84 Å². The number of aryl methyl sites for hydroxylation is 1. The van der Waals surface area contributed by atoms with Crippen molar-refractivity contribution in [3.05, 3.63) is 114 Å². The van der Waals surface area contributed by atoms with Gasteiger partial charge in [0.1, 0.15) is 11.4 Å². The Morgan fingerprint density at radius 2 is 1.44 bits per heavy atom. The smallest absolute Gasteiger partial charge is 0.118 e. The van der Waals surface area contributed by atoms with Gasteiger partial charge in [-0.05, 0) is 54.8 Å². The standard InChI is InChI=1S/C31H28N2O/c1-4-28-30(23-12-6-5-7-13-23)31(24-17-19-26(34-3)20-18-24)32-33(28)29-16-9-8-15-27(29)25-14-10-11-22(2)21-25/h5-21H,4H2,1-3H3. The molecule has 0 fully saturated rings. The molecule has 0 bridgehead atoms. The van der Waals surface area contributed by atoms with Crippen LogP contribution in [0.1, 0.15) is 18.2 Å². The minimum absolute atomic E-state index is 0.838. The molecule has 3 heteroatoms. The summed E-state index contributed by atoms with van der Waals surface area (Å²) in [4.78, 5) is 0. The van der Waals surface area contributed by atoms with Crippen molar-refractivity contribution in [3.8, 4) is 44.9 Å². The third-order valence-electron chi connectivity index (χ3n) is 6.20. The molecule has 0 spiro atoms. The average Bonchev–Trinajstić information content (AvgIpc) is 3.29. The minimum atomic E-state index is 0.838. The molecule has 0 radical (unpaired) electrons. The van der Waals surface area contributed by atoms with Crippen LogP contribution in [0.3, 0.4) is 0 Å². The number of ether oxygens (including phenoxy) is 1. The first-order valence-corrected chi connectivity index (χ1v) is 11.7. The number of rotatable bonds is 6. The van der Waals surface area contributed by atoms with Gasteiger partial charge in [-0.1, -0.05) is 85.3 Å². The lowest BCUT2D eigenvalue weighted by Gasteiger charge is -2.13. The fourth-order valence-electron chi connectivity index (χ4n) is 4.55. The number of methoxy groups -OCH3 is 1. The van der Waals surface area contributed by atoms with Crippen LogP contribution in [-0.4, -0.2) is 16.9 Å². The average molecular weight is 445 g/mol. The maximum Gasteiger partial charge on any atom is 0.118 e. The minimum Gasteiger partial charge on any atom is -0.497 e. The molecule has 1 aromatic heterocycles. The maximum absolute atomic E-state index is 5.39. The van der Waals surface area contributed by atoms with Crippen molar-refractivity contribution in [3.63, 3.8) is 0 Å². The van der Waals surface area contributed by atoms with Crippen molar-refractivity contribution in [2.45, 2.75) is 20.3 Å². The van der Waals surface area contributed by atoms with Crippen LogP contribution in [0.25, 0.3) is 39.2 Å². The molecule has 0 saturated carbocycles. The first kappa shape index (κ1) is 21.7. The molecule has 0 unspecified atom stereocenters. The number of para-hydroxylation sites is 1. The van der Waals surface area contributed by atoms with E-state index in [1.807, 2.05) is 12.1 Å². The molecule has 0 amide bonds.